The lowest BCUT2D eigenvalue weighted by Crippen LogP contribution is -2.58. The zero-order valence-corrected chi connectivity index (χ0v) is 16.1. The largest absolute Gasteiger partial charge is 0.299 e. The Labute approximate surface area is 156 Å². The van der Waals surface area contributed by atoms with Crippen molar-refractivity contribution in [1.82, 2.24) is 9.80 Å². The zero-order valence-electron chi connectivity index (χ0n) is 15.4. The standard InChI is InChI=1S/C22H27ClN2/c1-22(2)15-25(13-12-24(22)3)21-14-19(16-8-4-5-10-18(16)21)17-9-6-7-11-20(17)23/h4-11,19,21H,12-15H2,1-3H3. The lowest BCUT2D eigenvalue weighted by atomic mass is 9.93. The Morgan fingerprint density at radius 2 is 1.56 bits per heavy atom. The van der Waals surface area contributed by atoms with Crippen molar-refractivity contribution in [1.29, 1.82) is 0 Å². The second-order valence-corrected chi connectivity index (χ2v) is 8.57. The van der Waals surface area contributed by atoms with Crippen molar-refractivity contribution in [2.24, 2.45) is 0 Å². The number of halogens is 1. The first-order valence-corrected chi connectivity index (χ1v) is 9.64. The molecule has 2 atom stereocenters. The maximum absolute atomic E-state index is 6.55. The van der Waals surface area contributed by atoms with Gasteiger partial charge in [-0.25, -0.2) is 0 Å². The molecule has 0 amide bonds. The topological polar surface area (TPSA) is 6.48 Å². The number of likely N-dealkylation sites (N-methyl/N-ethyl adjacent to an activating group) is 1. The van der Waals surface area contributed by atoms with Crippen molar-refractivity contribution in [3.05, 3.63) is 70.2 Å². The van der Waals surface area contributed by atoms with Crippen molar-refractivity contribution < 1.29 is 0 Å². The molecular weight excluding hydrogens is 328 g/mol. The van der Waals surface area contributed by atoms with Crippen LogP contribution in [0.4, 0.5) is 0 Å². The Bertz CT molecular complexity index is 770. The number of benzene rings is 2. The number of fused-ring (bicyclic) bond motifs is 1. The molecule has 0 spiro atoms. The van der Waals surface area contributed by atoms with Crippen LogP contribution in [0.3, 0.4) is 0 Å². The van der Waals surface area contributed by atoms with Crippen LogP contribution in [0.2, 0.25) is 5.02 Å². The Kier molecular flexibility index (Phi) is 4.39. The van der Waals surface area contributed by atoms with Gasteiger partial charge in [0, 0.05) is 42.2 Å². The van der Waals surface area contributed by atoms with Gasteiger partial charge in [0.1, 0.15) is 0 Å². The summed E-state index contributed by atoms with van der Waals surface area (Å²) in [5, 5.41) is 0.890. The fourth-order valence-corrected chi connectivity index (χ4v) is 4.82. The van der Waals surface area contributed by atoms with Gasteiger partial charge in [-0.2, -0.15) is 0 Å². The van der Waals surface area contributed by atoms with E-state index in [2.05, 4.69) is 67.1 Å². The number of nitrogens with zero attached hydrogens (tertiary/aromatic N) is 2. The molecule has 2 unspecified atom stereocenters. The fraction of sp³-hybridized carbons (Fsp3) is 0.455. The number of hydrogen-bond acceptors (Lipinski definition) is 2. The molecule has 2 aromatic carbocycles. The summed E-state index contributed by atoms with van der Waals surface area (Å²) < 4.78 is 0. The second kappa shape index (κ2) is 6.42. The lowest BCUT2D eigenvalue weighted by Gasteiger charge is -2.47. The molecule has 0 radical (unpaired) electrons. The summed E-state index contributed by atoms with van der Waals surface area (Å²) in [7, 11) is 2.24. The molecular formula is C22H27ClN2. The smallest absolute Gasteiger partial charge is 0.0444 e. The molecule has 1 aliphatic heterocycles. The van der Waals surface area contributed by atoms with Gasteiger partial charge < -0.3 is 0 Å². The van der Waals surface area contributed by atoms with Crippen LogP contribution in [0.15, 0.2) is 48.5 Å². The van der Waals surface area contributed by atoms with Gasteiger partial charge >= 0.3 is 0 Å². The highest BCUT2D eigenvalue weighted by atomic mass is 35.5. The van der Waals surface area contributed by atoms with Gasteiger partial charge in [-0.15, -0.1) is 0 Å². The molecule has 4 rings (SSSR count). The first kappa shape index (κ1) is 17.1. The minimum absolute atomic E-state index is 0.218. The Balaban J connectivity index is 1.69. The third kappa shape index (κ3) is 3.01. The van der Waals surface area contributed by atoms with Gasteiger partial charge in [-0.05, 0) is 50.1 Å². The Morgan fingerprint density at radius 1 is 0.920 bits per heavy atom. The average Bonchev–Trinajstić information content (AvgIpc) is 2.97. The van der Waals surface area contributed by atoms with Crippen LogP contribution < -0.4 is 0 Å². The van der Waals surface area contributed by atoms with Crippen LogP contribution in [0.25, 0.3) is 0 Å². The highest BCUT2D eigenvalue weighted by Crippen LogP contribution is 2.48. The van der Waals surface area contributed by atoms with E-state index in [9.17, 15) is 0 Å². The third-order valence-corrected chi connectivity index (χ3v) is 6.60. The maximum Gasteiger partial charge on any atom is 0.0444 e. The molecule has 0 N–H and O–H groups in total. The Morgan fingerprint density at radius 3 is 2.24 bits per heavy atom. The van der Waals surface area contributed by atoms with Gasteiger partial charge in [-0.3, -0.25) is 9.80 Å². The van der Waals surface area contributed by atoms with Crippen molar-refractivity contribution in [2.45, 2.75) is 37.8 Å². The van der Waals surface area contributed by atoms with Crippen LogP contribution >= 0.6 is 11.6 Å². The van der Waals surface area contributed by atoms with E-state index in [0.717, 1.165) is 31.1 Å². The maximum atomic E-state index is 6.55. The average molecular weight is 355 g/mol. The molecule has 2 aromatic rings. The molecule has 0 bridgehead atoms. The van der Waals surface area contributed by atoms with Crippen molar-refractivity contribution in [3.63, 3.8) is 0 Å². The quantitative estimate of drug-likeness (QED) is 0.753. The lowest BCUT2D eigenvalue weighted by molar-refractivity contribution is 0.0158. The van der Waals surface area contributed by atoms with Gasteiger partial charge in [0.2, 0.25) is 0 Å². The van der Waals surface area contributed by atoms with Crippen LogP contribution in [-0.4, -0.2) is 42.0 Å². The summed E-state index contributed by atoms with van der Waals surface area (Å²) in [6.07, 6.45) is 1.13. The van der Waals surface area contributed by atoms with Crippen molar-refractivity contribution in [3.8, 4) is 0 Å². The van der Waals surface area contributed by atoms with Crippen LogP contribution in [0.5, 0.6) is 0 Å². The summed E-state index contributed by atoms with van der Waals surface area (Å²) in [5.74, 6) is 0.401. The molecule has 3 heteroatoms. The SMILES string of the molecule is CN1CCN(C2CC(c3ccccc3Cl)c3ccccc32)CC1(C)C. The van der Waals surface area contributed by atoms with Gasteiger partial charge in [0.15, 0.2) is 0 Å². The molecule has 132 valence electrons. The minimum Gasteiger partial charge on any atom is -0.299 e. The molecule has 2 nitrogen and oxygen atoms in total. The minimum atomic E-state index is 0.218. The van der Waals surface area contributed by atoms with E-state index in [4.69, 9.17) is 11.6 Å². The van der Waals surface area contributed by atoms with E-state index in [-0.39, 0.29) is 5.54 Å². The first-order chi connectivity index (χ1) is 12.0. The number of hydrogen-bond donors (Lipinski definition) is 0. The predicted octanol–water partition coefficient (Wildman–Crippen LogP) is 4.94. The van der Waals surface area contributed by atoms with Crippen molar-refractivity contribution in [2.75, 3.05) is 26.7 Å². The molecule has 2 aliphatic rings. The van der Waals surface area contributed by atoms with Gasteiger partial charge in [-0.1, -0.05) is 54.1 Å². The van der Waals surface area contributed by atoms with Gasteiger partial charge in [0.25, 0.3) is 0 Å². The Hall–Kier alpha value is -1.35. The monoisotopic (exact) mass is 354 g/mol. The molecule has 0 aromatic heterocycles. The highest BCUT2D eigenvalue weighted by Gasteiger charge is 2.40. The fourth-order valence-electron chi connectivity index (χ4n) is 4.55. The first-order valence-electron chi connectivity index (χ1n) is 9.26. The number of piperazine rings is 1. The summed E-state index contributed by atoms with van der Waals surface area (Å²) in [6.45, 7) is 8.07. The van der Waals surface area contributed by atoms with E-state index >= 15 is 0 Å². The normalized spacial score (nSPS) is 26.6. The second-order valence-electron chi connectivity index (χ2n) is 8.16. The molecule has 1 saturated heterocycles. The molecule has 1 heterocycles. The number of rotatable bonds is 2. The molecule has 25 heavy (non-hydrogen) atoms. The van der Waals surface area contributed by atoms with Crippen LogP contribution in [0, 0.1) is 0 Å². The van der Waals surface area contributed by atoms with Crippen LogP contribution in [-0.2, 0) is 0 Å². The van der Waals surface area contributed by atoms with Crippen LogP contribution in [0.1, 0.15) is 48.9 Å². The van der Waals surface area contributed by atoms with E-state index < -0.39 is 0 Å². The molecule has 1 aliphatic carbocycles. The summed E-state index contributed by atoms with van der Waals surface area (Å²) in [4.78, 5) is 5.17. The zero-order chi connectivity index (χ0) is 17.6. The highest BCUT2D eigenvalue weighted by molar-refractivity contribution is 6.31. The molecule has 0 saturated carbocycles. The van der Waals surface area contributed by atoms with E-state index in [0.29, 0.717) is 12.0 Å². The predicted molar refractivity (Wildman–Crippen MR) is 105 cm³/mol. The summed E-state index contributed by atoms with van der Waals surface area (Å²) in [5.41, 5.74) is 4.44. The van der Waals surface area contributed by atoms with E-state index in [1.807, 2.05) is 12.1 Å². The summed E-state index contributed by atoms with van der Waals surface area (Å²) in [6, 6.07) is 17.8. The van der Waals surface area contributed by atoms with Crippen molar-refractivity contribution >= 4 is 11.6 Å². The van der Waals surface area contributed by atoms with E-state index in [1.54, 1.807) is 0 Å². The summed E-state index contributed by atoms with van der Waals surface area (Å²) >= 11 is 6.55. The van der Waals surface area contributed by atoms with E-state index in [1.165, 1.54) is 16.7 Å². The van der Waals surface area contributed by atoms with Gasteiger partial charge in [0.05, 0.1) is 0 Å². The third-order valence-electron chi connectivity index (χ3n) is 6.26. The molecule has 1 fully saturated rings.